The van der Waals surface area contributed by atoms with E-state index in [1.54, 1.807) is 6.20 Å². The molecule has 0 N–H and O–H groups in total. The smallest absolute Gasteiger partial charge is 0.222 e. The van der Waals surface area contributed by atoms with Gasteiger partial charge < -0.3 is 4.90 Å². The quantitative estimate of drug-likeness (QED) is 0.813. The van der Waals surface area contributed by atoms with Crippen LogP contribution in [0.4, 0.5) is 0 Å². The largest absolute Gasteiger partial charge is 0.342 e. The molecule has 23 heavy (non-hydrogen) atoms. The molecular formula is C18H22ClN3O. The van der Waals surface area contributed by atoms with Crippen molar-refractivity contribution < 1.29 is 4.79 Å². The minimum atomic E-state index is 0.274. The number of aromatic nitrogens is 2. The van der Waals surface area contributed by atoms with Gasteiger partial charge in [-0.05, 0) is 48.9 Å². The molecular weight excluding hydrogens is 310 g/mol. The first kappa shape index (κ1) is 16.1. The molecule has 0 aliphatic carbocycles. The Labute approximate surface area is 142 Å². The van der Waals surface area contributed by atoms with Crippen molar-refractivity contribution in [3.05, 3.63) is 53.3 Å². The summed E-state index contributed by atoms with van der Waals surface area (Å²) >= 11 is 5.92. The van der Waals surface area contributed by atoms with Crippen LogP contribution in [0.5, 0.6) is 0 Å². The molecule has 1 aliphatic heterocycles. The van der Waals surface area contributed by atoms with Crippen molar-refractivity contribution in [2.45, 2.75) is 32.2 Å². The molecule has 3 rings (SSSR count). The molecule has 1 atom stereocenters. The highest BCUT2D eigenvalue weighted by Gasteiger charge is 2.25. The van der Waals surface area contributed by atoms with Gasteiger partial charge in [-0.15, -0.1) is 0 Å². The van der Waals surface area contributed by atoms with Gasteiger partial charge >= 0.3 is 0 Å². The summed E-state index contributed by atoms with van der Waals surface area (Å²) in [5.41, 5.74) is 1.30. The van der Waals surface area contributed by atoms with Gasteiger partial charge in [0.25, 0.3) is 0 Å². The fourth-order valence-electron chi connectivity index (χ4n) is 3.16. The SMILES string of the molecule is O=C(CCCn1cccn1)N1CCC(Cc2ccc(Cl)cc2)C1. The van der Waals surface area contributed by atoms with Gasteiger partial charge in [-0.3, -0.25) is 9.48 Å². The average Bonchev–Trinajstić information content (AvgIpc) is 3.21. The molecule has 1 amide bonds. The van der Waals surface area contributed by atoms with Crippen molar-refractivity contribution in [1.29, 1.82) is 0 Å². The van der Waals surface area contributed by atoms with E-state index in [9.17, 15) is 4.79 Å². The fraction of sp³-hybridized carbons (Fsp3) is 0.444. The second-order valence-corrected chi connectivity index (χ2v) is 6.63. The monoisotopic (exact) mass is 331 g/mol. The van der Waals surface area contributed by atoms with Crippen molar-refractivity contribution in [3.63, 3.8) is 0 Å². The molecule has 1 aromatic carbocycles. The van der Waals surface area contributed by atoms with Gasteiger partial charge in [0, 0.05) is 43.5 Å². The fourth-order valence-corrected chi connectivity index (χ4v) is 3.29. The van der Waals surface area contributed by atoms with E-state index in [0.29, 0.717) is 12.3 Å². The number of hydrogen-bond donors (Lipinski definition) is 0. The van der Waals surface area contributed by atoms with Crippen LogP contribution >= 0.6 is 11.6 Å². The van der Waals surface area contributed by atoms with E-state index in [2.05, 4.69) is 17.2 Å². The van der Waals surface area contributed by atoms with Gasteiger partial charge in [-0.1, -0.05) is 23.7 Å². The van der Waals surface area contributed by atoms with Gasteiger partial charge in [-0.2, -0.15) is 5.10 Å². The number of benzene rings is 1. The molecule has 0 radical (unpaired) electrons. The zero-order chi connectivity index (χ0) is 16.1. The number of halogens is 1. The Morgan fingerprint density at radius 2 is 2.13 bits per heavy atom. The standard InChI is InChI=1S/C18H22ClN3O/c19-17-6-4-15(5-7-17)13-16-8-12-21(14-16)18(23)3-1-10-22-11-2-9-20-22/h2,4-7,9,11,16H,1,3,8,10,12-14H2. The van der Waals surface area contributed by atoms with Gasteiger partial charge in [0.2, 0.25) is 5.91 Å². The molecule has 2 aromatic rings. The maximum absolute atomic E-state index is 12.3. The van der Waals surface area contributed by atoms with Crippen molar-refractivity contribution in [1.82, 2.24) is 14.7 Å². The van der Waals surface area contributed by atoms with E-state index in [1.165, 1.54) is 5.56 Å². The molecule has 1 aromatic heterocycles. The summed E-state index contributed by atoms with van der Waals surface area (Å²) in [5, 5.41) is 4.93. The molecule has 0 bridgehead atoms. The predicted octanol–water partition coefficient (Wildman–Crippen LogP) is 3.41. The lowest BCUT2D eigenvalue weighted by molar-refractivity contribution is -0.130. The lowest BCUT2D eigenvalue weighted by atomic mass is 9.99. The zero-order valence-electron chi connectivity index (χ0n) is 13.2. The van der Waals surface area contributed by atoms with Crippen LogP contribution in [-0.2, 0) is 17.8 Å². The molecule has 122 valence electrons. The first-order valence-corrected chi connectivity index (χ1v) is 8.58. The normalized spacial score (nSPS) is 17.6. The maximum atomic E-state index is 12.3. The number of likely N-dealkylation sites (tertiary alicyclic amines) is 1. The Hall–Kier alpha value is -1.81. The summed E-state index contributed by atoms with van der Waals surface area (Å²) in [4.78, 5) is 14.3. The van der Waals surface area contributed by atoms with Crippen molar-refractivity contribution >= 4 is 17.5 Å². The van der Waals surface area contributed by atoms with Crippen molar-refractivity contribution in [2.24, 2.45) is 5.92 Å². The summed E-state index contributed by atoms with van der Waals surface area (Å²) in [6.45, 7) is 2.57. The van der Waals surface area contributed by atoms with Crippen LogP contribution in [0.25, 0.3) is 0 Å². The van der Waals surface area contributed by atoms with Gasteiger partial charge in [-0.25, -0.2) is 0 Å². The van der Waals surface area contributed by atoms with Crippen LogP contribution in [0.2, 0.25) is 5.02 Å². The van der Waals surface area contributed by atoms with E-state index in [-0.39, 0.29) is 5.91 Å². The van der Waals surface area contributed by atoms with Crippen LogP contribution in [0.3, 0.4) is 0 Å². The Morgan fingerprint density at radius 3 is 2.87 bits per heavy atom. The van der Waals surface area contributed by atoms with Gasteiger partial charge in [0.15, 0.2) is 0 Å². The number of amides is 1. The van der Waals surface area contributed by atoms with Gasteiger partial charge in [0.05, 0.1) is 0 Å². The molecule has 5 heteroatoms. The molecule has 0 saturated carbocycles. The van der Waals surface area contributed by atoms with E-state index < -0.39 is 0 Å². The summed E-state index contributed by atoms with van der Waals surface area (Å²) in [5.74, 6) is 0.835. The zero-order valence-corrected chi connectivity index (χ0v) is 14.0. The highest BCUT2D eigenvalue weighted by molar-refractivity contribution is 6.30. The van der Waals surface area contributed by atoms with E-state index in [4.69, 9.17) is 11.6 Å². The van der Waals surface area contributed by atoms with Crippen LogP contribution in [-0.4, -0.2) is 33.7 Å². The van der Waals surface area contributed by atoms with Crippen LogP contribution < -0.4 is 0 Å². The number of nitrogens with zero attached hydrogens (tertiary/aromatic N) is 3. The maximum Gasteiger partial charge on any atom is 0.222 e. The first-order valence-electron chi connectivity index (χ1n) is 8.20. The summed E-state index contributed by atoms with van der Waals surface area (Å²) in [6, 6.07) is 9.94. The predicted molar refractivity (Wildman–Crippen MR) is 91.3 cm³/mol. The molecule has 2 heterocycles. The minimum Gasteiger partial charge on any atom is -0.342 e. The Kier molecular flexibility index (Phi) is 5.34. The number of rotatable bonds is 6. The van der Waals surface area contributed by atoms with Crippen molar-refractivity contribution in [2.75, 3.05) is 13.1 Å². The molecule has 1 fully saturated rings. The topological polar surface area (TPSA) is 38.1 Å². The van der Waals surface area contributed by atoms with Crippen LogP contribution in [0, 0.1) is 5.92 Å². The number of carbonyl (C=O) groups excluding carboxylic acids is 1. The Balaban J connectivity index is 1.41. The van der Waals surface area contributed by atoms with E-state index in [0.717, 1.165) is 43.9 Å². The van der Waals surface area contributed by atoms with Gasteiger partial charge in [0.1, 0.15) is 0 Å². The van der Waals surface area contributed by atoms with E-state index in [1.807, 2.05) is 34.0 Å². The minimum absolute atomic E-state index is 0.274. The first-order chi connectivity index (χ1) is 11.2. The lowest BCUT2D eigenvalue weighted by Gasteiger charge is -2.16. The average molecular weight is 332 g/mol. The molecule has 1 saturated heterocycles. The lowest BCUT2D eigenvalue weighted by Crippen LogP contribution is -2.28. The van der Waals surface area contributed by atoms with E-state index >= 15 is 0 Å². The highest BCUT2D eigenvalue weighted by atomic mass is 35.5. The third kappa shape index (κ3) is 4.58. The van der Waals surface area contributed by atoms with Crippen LogP contribution in [0.1, 0.15) is 24.8 Å². The van der Waals surface area contributed by atoms with Crippen LogP contribution in [0.15, 0.2) is 42.7 Å². The summed E-state index contributed by atoms with van der Waals surface area (Å²) < 4.78 is 1.88. The highest BCUT2D eigenvalue weighted by Crippen LogP contribution is 2.22. The van der Waals surface area contributed by atoms with Crippen molar-refractivity contribution in [3.8, 4) is 0 Å². The number of carbonyl (C=O) groups is 1. The molecule has 1 aliphatic rings. The Morgan fingerprint density at radius 1 is 1.30 bits per heavy atom. The second kappa shape index (κ2) is 7.64. The Bertz CT molecular complexity index is 624. The molecule has 4 nitrogen and oxygen atoms in total. The summed E-state index contributed by atoms with van der Waals surface area (Å²) in [7, 11) is 0. The summed E-state index contributed by atoms with van der Waals surface area (Å²) in [6.07, 6.45) is 7.26. The third-order valence-electron chi connectivity index (χ3n) is 4.41. The second-order valence-electron chi connectivity index (χ2n) is 6.20. The molecule has 0 spiro atoms. The number of aryl methyl sites for hydroxylation is 1. The third-order valence-corrected chi connectivity index (χ3v) is 4.67. The molecule has 1 unspecified atom stereocenters. The number of hydrogen-bond acceptors (Lipinski definition) is 2.